The summed E-state index contributed by atoms with van der Waals surface area (Å²) in [5, 5.41) is 14.8. The molecule has 2 nitrogen and oxygen atoms in total. The molecule has 0 radical (unpaired) electrons. The molecule has 0 amide bonds. The molecular weight excluding hydrogens is 332 g/mol. The van der Waals surface area contributed by atoms with Gasteiger partial charge in [-0.25, -0.2) is 0 Å². The quantitative estimate of drug-likeness (QED) is 0.365. The molecule has 0 heterocycles. The van der Waals surface area contributed by atoms with Crippen LogP contribution in [0.15, 0.2) is 96.8 Å². The number of ketones is 1. The van der Waals surface area contributed by atoms with E-state index in [-0.39, 0.29) is 18.0 Å². The first-order valence-corrected chi connectivity index (χ1v) is 9.05. The number of aliphatic hydroxyl groups is 1. The van der Waals surface area contributed by atoms with Crippen LogP contribution in [-0.4, -0.2) is 10.9 Å². The summed E-state index contributed by atoms with van der Waals surface area (Å²) in [4.78, 5) is 12.3. The summed E-state index contributed by atoms with van der Waals surface area (Å²) in [6, 6.07) is 28.3. The van der Waals surface area contributed by atoms with E-state index < -0.39 is 0 Å². The van der Waals surface area contributed by atoms with Crippen molar-refractivity contribution in [2.24, 2.45) is 0 Å². The third-order valence-corrected chi connectivity index (χ3v) is 4.72. The van der Waals surface area contributed by atoms with Gasteiger partial charge in [-0.05, 0) is 32.7 Å². The van der Waals surface area contributed by atoms with Gasteiger partial charge in [0.25, 0.3) is 0 Å². The number of carbonyl (C=O) groups excluding carboxylic acids is 1. The Morgan fingerprint density at radius 2 is 1.15 bits per heavy atom. The van der Waals surface area contributed by atoms with Crippen molar-refractivity contribution in [1.82, 2.24) is 0 Å². The van der Waals surface area contributed by atoms with E-state index >= 15 is 0 Å². The first-order chi connectivity index (χ1) is 13.2. The molecule has 4 rings (SSSR count). The van der Waals surface area contributed by atoms with Crippen LogP contribution in [0.2, 0.25) is 0 Å². The lowest BCUT2D eigenvalue weighted by Crippen LogP contribution is -2.01. The molecule has 4 aromatic carbocycles. The van der Waals surface area contributed by atoms with Crippen molar-refractivity contribution in [2.45, 2.75) is 12.8 Å². The summed E-state index contributed by atoms with van der Waals surface area (Å²) < 4.78 is 0. The molecule has 0 saturated carbocycles. The van der Waals surface area contributed by atoms with Crippen LogP contribution >= 0.6 is 0 Å². The molecule has 0 aromatic heterocycles. The lowest BCUT2D eigenvalue weighted by atomic mass is 10.0. The zero-order valence-corrected chi connectivity index (χ0v) is 14.9. The summed E-state index contributed by atoms with van der Waals surface area (Å²) >= 11 is 0. The topological polar surface area (TPSA) is 37.3 Å². The van der Waals surface area contributed by atoms with Crippen LogP contribution < -0.4 is 0 Å². The minimum absolute atomic E-state index is 0.0936. The summed E-state index contributed by atoms with van der Waals surface area (Å²) in [6.45, 7) is 0. The van der Waals surface area contributed by atoms with Crippen LogP contribution in [-0.2, 0) is 17.6 Å². The van der Waals surface area contributed by atoms with E-state index in [4.69, 9.17) is 0 Å². The average Bonchev–Trinajstić information content (AvgIpc) is 2.67. The first-order valence-electron chi connectivity index (χ1n) is 9.05. The van der Waals surface area contributed by atoms with E-state index in [2.05, 4.69) is 12.1 Å². The molecule has 0 spiro atoms. The lowest BCUT2D eigenvalue weighted by molar-refractivity contribution is -0.114. The zero-order valence-electron chi connectivity index (χ0n) is 14.9. The Hall–Kier alpha value is -3.39. The minimum Gasteiger partial charge on any atom is -0.512 e. The van der Waals surface area contributed by atoms with Gasteiger partial charge in [-0.15, -0.1) is 0 Å². The van der Waals surface area contributed by atoms with Gasteiger partial charge >= 0.3 is 0 Å². The normalized spacial score (nSPS) is 11.8. The molecule has 0 aliphatic carbocycles. The second kappa shape index (κ2) is 7.46. The van der Waals surface area contributed by atoms with E-state index in [0.717, 1.165) is 32.7 Å². The lowest BCUT2D eigenvalue weighted by Gasteiger charge is -2.05. The monoisotopic (exact) mass is 352 g/mol. The van der Waals surface area contributed by atoms with Gasteiger partial charge in [0.05, 0.1) is 0 Å². The molecule has 4 aromatic rings. The van der Waals surface area contributed by atoms with Crippen LogP contribution in [0.4, 0.5) is 0 Å². The van der Waals surface area contributed by atoms with Gasteiger partial charge in [-0.3, -0.25) is 4.79 Å². The predicted octanol–water partition coefficient (Wildman–Crippen LogP) is 5.79. The molecular formula is C25H20O2. The highest BCUT2D eigenvalue weighted by Gasteiger charge is 2.06. The van der Waals surface area contributed by atoms with Crippen LogP contribution in [0.1, 0.15) is 11.1 Å². The van der Waals surface area contributed by atoms with Crippen molar-refractivity contribution in [1.29, 1.82) is 0 Å². The van der Waals surface area contributed by atoms with E-state index in [0.29, 0.717) is 6.42 Å². The van der Waals surface area contributed by atoms with Crippen molar-refractivity contribution < 1.29 is 9.90 Å². The Labute approximate surface area is 158 Å². The fourth-order valence-corrected chi connectivity index (χ4v) is 3.40. The maximum atomic E-state index is 12.3. The highest BCUT2D eigenvalue weighted by atomic mass is 16.3. The molecule has 0 bridgehead atoms. The summed E-state index contributed by atoms with van der Waals surface area (Å²) in [7, 11) is 0. The Morgan fingerprint density at radius 3 is 1.70 bits per heavy atom. The predicted molar refractivity (Wildman–Crippen MR) is 111 cm³/mol. The van der Waals surface area contributed by atoms with E-state index in [1.807, 2.05) is 72.8 Å². The molecule has 0 atom stereocenters. The van der Waals surface area contributed by atoms with Crippen molar-refractivity contribution >= 4 is 27.3 Å². The third-order valence-electron chi connectivity index (χ3n) is 4.72. The molecule has 0 saturated heterocycles. The maximum Gasteiger partial charge on any atom is 0.163 e. The smallest absolute Gasteiger partial charge is 0.163 e. The minimum atomic E-state index is -0.0939. The molecule has 2 heteroatoms. The van der Waals surface area contributed by atoms with E-state index in [1.165, 1.54) is 6.08 Å². The number of hydrogen-bond donors (Lipinski definition) is 1. The largest absolute Gasteiger partial charge is 0.512 e. The molecule has 0 fully saturated rings. The number of allylic oxidation sites excluding steroid dienone is 2. The van der Waals surface area contributed by atoms with Crippen molar-refractivity contribution in [3.05, 3.63) is 108 Å². The second-order valence-electron chi connectivity index (χ2n) is 6.82. The van der Waals surface area contributed by atoms with Gasteiger partial charge in [-0.1, -0.05) is 84.9 Å². The van der Waals surface area contributed by atoms with Gasteiger partial charge in [0.15, 0.2) is 5.78 Å². The van der Waals surface area contributed by atoms with Gasteiger partial charge < -0.3 is 5.11 Å². The number of rotatable bonds is 5. The van der Waals surface area contributed by atoms with Crippen LogP contribution in [0.25, 0.3) is 21.5 Å². The number of carbonyl (C=O) groups is 1. The Kier molecular flexibility index (Phi) is 4.71. The first kappa shape index (κ1) is 17.0. The molecule has 0 aliphatic heterocycles. The summed E-state index contributed by atoms with van der Waals surface area (Å²) in [6.07, 6.45) is 1.99. The molecule has 27 heavy (non-hydrogen) atoms. The van der Waals surface area contributed by atoms with Crippen LogP contribution in [0, 0.1) is 0 Å². The third kappa shape index (κ3) is 4.06. The number of benzene rings is 4. The van der Waals surface area contributed by atoms with Crippen molar-refractivity contribution in [2.75, 3.05) is 0 Å². The van der Waals surface area contributed by atoms with Gasteiger partial charge in [0, 0.05) is 18.9 Å². The number of fused-ring (bicyclic) bond motifs is 2. The molecule has 1 N–H and O–H groups in total. The van der Waals surface area contributed by atoms with Crippen molar-refractivity contribution in [3.8, 4) is 0 Å². The Morgan fingerprint density at radius 1 is 0.667 bits per heavy atom. The van der Waals surface area contributed by atoms with Crippen LogP contribution in [0.5, 0.6) is 0 Å². The van der Waals surface area contributed by atoms with E-state index in [1.54, 1.807) is 0 Å². The van der Waals surface area contributed by atoms with Crippen molar-refractivity contribution in [3.63, 3.8) is 0 Å². The molecule has 132 valence electrons. The highest BCUT2D eigenvalue weighted by molar-refractivity contribution is 5.93. The SMILES string of the molecule is O=C(C=C(O)Cc1ccc2ccccc2c1)Cc1ccc2ccccc2c1. The van der Waals surface area contributed by atoms with Gasteiger partial charge in [0.2, 0.25) is 0 Å². The van der Waals surface area contributed by atoms with Gasteiger partial charge in [-0.2, -0.15) is 0 Å². The highest BCUT2D eigenvalue weighted by Crippen LogP contribution is 2.18. The Balaban J connectivity index is 1.46. The zero-order chi connectivity index (χ0) is 18.6. The standard InChI is InChI=1S/C25H20O2/c26-24(15-18-9-11-20-5-1-3-7-22(20)13-18)17-25(27)16-19-10-12-21-6-2-4-8-23(21)14-19/h1-14,17,26H,15-16H2. The number of aliphatic hydroxyl groups excluding tert-OH is 1. The second-order valence-corrected chi connectivity index (χ2v) is 6.82. The Bertz CT molecular complexity index is 1160. The van der Waals surface area contributed by atoms with E-state index in [9.17, 15) is 9.90 Å². The summed E-state index contributed by atoms with van der Waals surface area (Å²) in [5.41, 5.74) is 1.94. The summed E-state index contributed by atoms with van der Waals surface area (Å²) in [5.74, 6) is -0.000333. The molecule has 0 aliphatic rings. The number of hydrogen-bond acceptors (Lipinski definition) is 2. The maximum absolute atomic E-state index is 12.3. The molecule has 0 unspecified atom stereocenters. The fraction of sp³-hybridized carbons (Fsp3) is 0.0800. The van der Waals surface area contributed by atoms with Gasteiger partial charge in [0.1, 0.15) is 5.76 Å². The average molecular weight is 352 g/mol. The fourth-order valence-electron chi connectivity index (χ4n) is 3.40. The van der Waals surface area contributed by atoms with Crippen LogP contribution in [0.3, 0.4) is 0 Å².